The molecule has 3 amide bonds. The molecule has 0 saturated heterocycles. The van der Waals surface area contributed by atoms with Crippen molar-refractivity contribution in [1.29, 1.82) is 0 Å². The van der Waals surface area contributed by atoms with Gasteiger partial charge in [0.25, 0.3) is 5.91 Å². The summed E-state index contributed by atoms with van der Waals surface area (Å²) in [6.45, 7) is 2.60. The Morgan fingerprint density at radius 1 is 1.19 bits per heavy atom. The predicted octanol–water partition coefficient (Wildman–Crippen LogP) is 3.39. The molecule has 4 N–H and O–H groups in total. The number of nitrogens with one attached hydrogen (secondary N) is 2. The van der Waals surface area contributed by atoms with Gasteiger partial charge in [-0.25, -0.2) is 0 Å². The van der Waals surface area contributed by atoms with E-state index in [1.54, 1.807) is 42.5 Å². The van der Waals surface area contributed by atoms with Gasteiger partial charge in [0, 0.05) is 19.0 Å². The molecule has 0 bridgehead atoms. The summed E-state index contributed by atoms with van der Waals surface area (Å²) in [4.78, 5) is 35.6. The van der Waals surface area contributed by atoms with Gasteiger partial charge in [-0.1, -0.05) is 30.7 Å². The first-order valence-electron chi connectivity index (χ1n) is 10.0. The summed E-state index contributed by atoms with van der Waals surface area (Å²) in [5.41, 5.74) is 6.31. The van der Waals surface area contributed by atoms with Crippen LogP contribution in [-0.4, -0.2) is 38.0 Å². The zero-order valence-corrected chi connectivity index (χ0v) is 18.7. The second-order valence-corrected chi connectivity index (χ2v) is 7.13. The zero-order chi connectivity index (χ0) is 23.5. The van der Waals surface area contributed by atoms with Crippen LogP contribution in [0.4, 0.5) is 5.69 Å². The normalized spacial score (nSPS) is 10.6. The largest absolute Gasteiger partial charge is 0.493 e. The molecule has 0 saturated carbocycles. The van der Waals surface area contributed by atoms with E-state index in [-0.39, 0.29) is 18.5 Å². The first kappa shape index (κ1) is 24.7. The maximum Gasteiger partial charge on any atom is 0.253 e. The maximum absolute atomic E-state index is 12.4. The summed E-state index contributed by atoms with van der Waals surface area (Å²) in [7, 11) is 1.51. The van der Waals surface area contributed by atoms with Crippen LogP contribution >= 0.6 is 11.6 Å². The number of rotatable bonds is 11. The Morgan fingerprint density at radius 2 is 1.94 bits per heavy atom. The summed E-state index contributed by atoms with van der Waals surface area (Å²) < 4.78 is 11.0. The van der Waals surface area contributed by atoms with Gasteiger partial charge >= 0.3 is 0 Å². The van der Waals surface area contributed by atoms with Gasteiger partial charge in [0.2, 0.25) is 11.8 Å². The summed E-state index contributed by atoms with van der Waals surface area (Å²) in [6, 6.07) is 9.91. The van der Waals surface area contributed by atoms with E-state index in [9.17, 15) is 14.4 Å². The Labute approximate surface area is 191 Å². The molecular weight excluding hydrogens is 434 g/mol. The lowest BCUT2D eigenvalue weighted by Gasteiger charge is -2.12. The van der Waals surface area contributed by atoms with E-state index in [0.29, 0.717) is 34.4 Å². The summed E-state index contributed by atoms with van der Waals surface area (Å²) in [5.74, 6) is -0.467. The van der Waals surface area contributed by atoms with Crippen LogP contribution in [0.1, 0.15) is 35.7 Å². The van der Waals surface area contributed by atoms with Crippen molar-refractivity contribution in [3.63, 3.8) is 0 Å². The summed E-state index contributed by atoms with van der Waals surface area (Å²) >= 11 is 6.30. The minimum absolute atomic E-state index is 0.0251. The predicted molar refractivity (Wildman–Crippen MR) is 124 cm³/mol. The number of benzene rings is 2. The fourth-order valence-corrected chi connectivity index (χ4v) is 2.98. The number of methoxy groups -OCH3 is 1. The highest BCUT2D eigenvalue weighted by Crippen LogP contribution is 2.36. The molecule has 0 atom stereocenters. The third-order valence-electron chi connectivity index (χ3n) is 4.22. The molecular formula is C23H26ClN3O5. The van der Waals surface area contributed by atoms with Gasteiger partial charge in [-0.15, -0.1) is 0 Å². The number of carbonyl (C=O) groups excluding carboxylic acids is 3. The number of carbonyl (C=O) groups is 3. The smallest absolute Gasteiger partial charge is 0.253 e. The van der Waals surface area contributed by atoms with Crippen molar-refractivity contribution < 1.29 is 23.9 Å². The molecule has 0 unspecified atom stereocenters. The minimum atomic E-state index is -0.515. The molecule has 0 spiro atoms. The molecule has 8 nitrogen and oxygen atoms in total. The average Bonchev–Trinajstić information content (AvgIpc) is 2.76. The number of hydrogen-bond donors (Lipinski definition) is 3. The van der Waals surface area contributed by atoms with E-state index in [1.165, 1.54) is 13.2 Å². The van der Waals surface area contributed by atoms with Crippen LogP contribution in [0.25, 0.3) is 6.08 Å². The van der Waals surface area contributed by atoms with E-state index in [2.05, 4.69) is 10.6 Å². The average molecular weight is 460 g/mol. The minimum Gasteiger partial charge on any atom is -0.493 e. The number of hydrogen-bond acceptors (Lipinski definition) is 5. The number of amides is 3. The number of nitrogens with two attached hydrogens (primary N) is 1. The van der Waals surface area contributed by atoms with E-state index >= 15 is 0 Å². The Hall–Kier alpha value is -3.52. The van der Waals surface area contributed by atoms with Gasteiger partial charge in [0.15, 0.2) is 11.5 Å². The Bertz CT molecular complexity index is 1010. The van der Waals surface area contributed by atoms with Gasteiger partial charge in [-0.3, -0.25) is 14.4 Å². The number of para-hydroxylation sites is 1. The first-order valence-corrected chi connectivity index (χ1v) is 10.4. The first-order chi connectivity index (χ1) is 15.3. The maximum atomic E-state index is 12.4. The molecule has 0 fully saturated rings. The summed E-state index contributed by atoms with van der Waals surface area (Å²) in [6.07, 6.45) is 3.74. The zero-order valence-electron chi connectivity index (χ0n) is 17.9. The highest BCUT2D eigenvalue weighted by molar-refractivity contribution is 6.32. The Balaban J connectivity index is 2.10. The van der Waals surface area contributed by atoms with Crippen LogP contribution in [0.2, 0.25) is 5.02 Å². The molecule has 0 radical (unpaired) electrons. The highest BCUT2D eigenvalue weighted by Gasteiger charge is 2.13. The lowest BCUT2D eigenvalue weighted by molar-refractivity contribution is -0.118. The second kappa shape index (κ2) is 12.4. The molecule has 32 heavy (non-hydrogen) atoms. The van der Waals surface area contributed by atoms with Crippen molar-refractivity contribution in [2.24, 2.45) is 5.73 Å². The van der Waals surface area contributed by atoms with Crippen molar-refractivity contribution in [3.05, 3.63) is 58.6 Å². The lowest BCUT2D eigenvalue weighted by atomic mass is 10.1. The second-order valence-electron chi connectivity index (χ2n) is 6.72. The molecule has 2 aromatic carbocycles. The molecule has 0 heterocycles. The van der Waals surface area contributed by atoms with Crippen LogP contribution < -0.4 is 25.8 Å². The fourth-order valence-electron chi connectivity index (χ4n) is 2.71. The van der Waals surface area contributed by atoms with E-state index in [4.69, 9.17) is 26.8 Å². The van der Waals surface area contributed by atoms with Gasteiger partial charge < -0.3 is 25.8 Å². The quantitative estimate of drug-likeness (QED) is 0.445. The SMILES string of the molecule is CCCOc1c(Cl)cc(/C=C/C(=O)Nc2ccccc2C(=O)NCCC(N)=O)cc1OC. The highest BCUT2D eigenvalue weighted by atomic mass is 35.5. The van der Waals surface area contributed by atoms with Gasteiger partial charge in [-0.2, -0.15) is 0 Å². The summed E-state index contributed by atoms with van der Waals surface area (Å²) in [5, 5.41) is 5.64. The number of primary amides is 1. The third-order valence-corrected chi connectivity index (χ3v) is 4.50. The number of ether oxygens (including phenoxy) is 2. The van der Waals surface area contributed by atoms with Gasteiger partial charge in [0.1, 0.15) is 0 Å². The molecule has 9 heteroatoms. The van der Waals surface area contributed by atoms with Crippen LogP contribution in [0.5, 0.6) is 11.5 Å². The molecule has 170 valence electrons. The molecule has 2 aromatic rings. The van der Waals surface area contributed by atoms with Crippen LogP contribution in [0.15, 0.2) is 42.5 Å². The molecule has 0 aliphatic carbocycles. The monoisotopic (exact) mass is 459 g/mol. The molecule has 2 rings (SSSR count). The van der Waals surface area contributed by atoms with Crippen molar-refractivity contribution in [3.8, 4) is 11.5 Å². The van der Waals surface area contributed by atoms with Crippen LogP contribution in [0, 0.1) is 0 Å². The van der Waals surface area contributed by atoms with Gasteiger partial charge in [0.05, 0.1) is 30.0 Å². The van der Waals surface area contributed by atoms with Crippen molar-refractivity contribution >= 4 is 41.1 Å². The topological polar surface area (TPSA) is 120 Å². The van der Waals surface area contributed by atoms with Crippen LogP contribution in [0.3, 0.4) is 0 Å². The number of halogens is 1. The van der Waals surface area contributed by atoms with Gasteiger partial charge in [-0.05, 0) is 42.3 Å². The number of anilines is 1. The standard InChI is InChI=1S/C23H26ClN3O5/c1-3-12-32-22-17(24)13-15(14-19(22)31-2)8-9-21(29)27-18-7-5-4-6-16(18)23(30)26-11-10-20(25)28/h4-9,13-14H,3,10-12H2,1-2H3,(H2,25,28)(H,26,30)(H,27,29)/b9-8+. The third kappa shape index (κ3) is 7.31. The fraction of sp³-hybridized carbons (Fsp3) is 0.261. The van der Waals surface area contributed by atoms with Crippen molar-refractivity contribution in [2.45, 2.75) is 19.8 Å². The molecule has 0 aliphatic rings. The lowest BCUT2D eigenvalue weighted by Crippen LogP contribution is -2.28. The molecule has 0 aromatic heterocycles. The Morgan fingerprint density at radius 3 is 2.62 bits per heavy atom. The van der Waals surface area contributed by atoms with E-state index in [1.807, 2.05) is 6.92 Å². The molecule has 0 aliphatic heterocycles. The van der Waals surface area contributed by atoms with Crippen LogP contribution in [-0.2, 0) is 9.59 Å². The van der Waals surface area contributed by atoms with E-state index in [0.717, 1.165) is 6.42 Å². The van der Waals surface area contributed by atoms with Crippen molar-refractivity contribution in [1.82, 2.24) is 5.32 Å². The van der Waals surface area contributed by atoms with Crippen molar-refractivity contribution in [2.75, 3.05) is 25.6 Å². The Kier molecular flexibility index (Phi) is 9.56. The van der Waals surface area contributed by atoms with E-state index < -0.39 is 17.7 Å².